The standard InChI is InChI=1S/C22H26N4O2/c1-14-16-8-10-26(21(16)25-13-24-14)18-11-22(20(28)19(18)27)9-7-17(23-12-22)15-5-3-2-4-6-15/h2-6,8,10,13,17-20,23,27-28H,7,9,11-12H2,1H3. The number of aryl methyl sites for hydroxylation is 1. The molecule has 1 saturated heterocycles. The van der Waals surface area contributed by atoms with Crippen molar-refractivity contribution in [3.8, 4) is 0 Å². The molecule has 0 radical (unpaired) electrons. The number of fused-ring (bicyclic) bond motifs is 1. The molecule has 0 bridgehead atoms. The van der Waals surface area contributed by atoms with E-state index in [0.717, 1.165) is 36.0 Å². The smallest absolute Gasteiger partial charge is 0.143 e. The van der Waals surface area contributed by atoms with Gasteiger partial charge in [-0.15, -0.1) is 0 Å². The molecule has 0 amide bonds. The van der Waals surface area contributed by atoms with Gasteiger partial charge in [0.25, 0.3) is 0 Å². The third-order valence-electron chi connectivity index (χ3n) is 6.86. The summed E-state index contributed by atoms with van der Waals surface area (Å²) in [5.74, 6) is 0. The van der Waals surface area contributed by atoms with Crippen LogP contribution in [0.25, 0.3) is 11.0 Å². The van der Waals surface area contributed by atoms with E-state index >= 15 is 0 Å². The number of aliphatic hydroxyl groups excluding tert-OH is 2. The van der Waals surface area contributed by atoms with E-state index in [1.165, 1.54) is 5.56 Å². The summed E-state index contributed by atoms with van der Waals surface area (Å²) >= 11 is 0. The van der Waals surface area contributed by atoms with Gasteiger partial charge >= 0.3 is 0 Å². The number of aliphatic hydroxyl groups is 2. The van der Waals surface area contributed by atoms with Crippen LogP contribution >= 0.6 is 0 Å². The summed E-state index contributed by atoms with van der Waals surface area (Å²) in [5, 5.41) is 26.5. The van der Waals surface area contributed by atoms with Crippen LogP contribution in [0, 0.1) is 12.3 Å². The minimum atomic E-state index is -0.805. The highest BCUT2D eigenvalue weighted by Gasteiger charge is 2.54. The summed E-state index contributed by atoms with van der Waals surface area (Å²) in [4.78, 5) is 8.69. The van der Waals surface area contributed by atoms with Crippen LogP contribution < -0.4 is 5.32 Å². The molecule has 146 valence electrons. The molecular formula is C22H26N4O2. The van der Waals surface area contributed by atoms with Crippen molar-refractivity contribution in [2.75, 3.05) is 6.54 Å². The zero-order valence-electron chi connectivity index (χ0n) is 16.0. The van der Waals surface area contributed by atoms with Gasteiger partial charge in [0.15, 0.2) is 0 Å². The van der Waals surface area contributed by atoms with Crippen molar-refractivity contribution < 1.29 is 10.2 Å². The predicted molar refractivity (Wildman–Crippen MR) is 107 cm³/mol. The van der Waals surface area contributed by atoms with Gasteiger partial charge in [-0.05, 0) is 37.8 Å². The lowest BCUT2D eigenvalue weighted by Gasteiger charge is -2.40. The molecule has 2 aliphatic rings. The first-order chi connectivity index (χ1) is 13.6. The fraction of sp³-hybridized carbons (Fsp3) is 0.455. The summed E-state index contributed by atoms with van der Waals surface area (Å²) in [5.41, 5.74) is 2.72. The lowest BCUT2D eigenvalue weighted by molar-refractivity contribution is -0.0398. The number of nitrogens with one attached hydrogen (secondary N) is 1. The van der Waals surface area contributed by atoms with E-state index in [0.29, 0.717) is 12.6 Å². The zero-order valence-corrected chi connectivity index (χ0v) is 16.0. The average molecular weight is 378 g/mol. The Morgan fingerprint density at radius 1 is 1.14 bits per heavy atom. The minimum absolute atomic E-state index is 0.183. The summed E-state index contributed by atoms with van der Waals surface area (Å²) in [6, 6.07) is 12.6. The molecule has 6 heteroatoms. The van der Waals surface area contributed by atoms with Gasteiger partial charge in [-0.25, -0.2) is 9.97 Å². The van der Waals surface area contributed by atoms with Gasteiger partial charge in [-0.1, -0.05) is 30.3 Å². The summed E-state index contributed by atoms with van der Waals surface area (Å²) in [6.45, 7) is 2.67. The first-order valence-electron chi connectivity index (χ1n) is 10.0. The number of hydrogen-bond acceptors (Lipinski definition) is 5. The van der Waals surface area contributed by atoms with Crippen molar-refractivity contribution in [3.63, 3.8) is 0 Å². The van der Waals surface area contributed by atoms with Crippen molar-refractivity contribution in [2.45, 2.75) is 50.5 Å². The van der Waals surface area contributed by atoms with Gasteiger partial charge in [0, 0.05) is 29.6 Å². The van der Waals surface area contributed by atoms with Crippen molar-refractivity contribution in [1.82, 2.24) is 19.9 Å². The van der Waals surface area contributed by atoms with E-state index in [4.69, 9.17) is 0 Å². The Kier molecular flexibility index (Phi) is 4.23. The minimum Gasteiger partial charge on any atom is -0.390 e. The number of piperidine rings is 1. The van der Waals surface area contributed by atoms with Crippen LogP contribution in [0.1, 0.15) is 42.6 Å². The molecule has 5 rings (SSSR count). The number of aromatic nitrogens is 3. The van der Waals surface area contributed by atoms with Crippen LogP contribution in [0.15, 0.2) is 48.9 Å². The number of rotatable bonds is 2. The third-order valence-corrected chi connectivity index (χ3v) is 6.86. The van der Waals surface area contributed by atoms with Gasteiger partial charge in [-0.2, -0.15) is 0 Å². The molecule has 6 nitrogen and oxygen atoms in total. The van der Waals surface area contributed by atoms with E-state index in [9.17, 15) is 10.2 Å². The molecule has 1 saturated carbocycles. The van der Waals surface area contributed by atoms with E-state index in [1.807, 2.05) is 29.8 Å². The Hall–Kier alpha value is -2.28. The van der Waals surface area contributed by atoms with Crippen LogP contribution in [0.3, 0.4) is 0 Å². The fourth-order valence-corrected chi connectivity index (χ4v) is 5.20. The normalized spacial score (nSPS) is 33.0. The molecule has 2 aromatic heterocycles. The fourth-order valence-electron chi connectivity index (χ4n) is 5.20. The Labute approximate surface area is 164 Å². The topological polar surface area (TPSA) is 83.2 Å². The van der Waals surface area contributed by atoms with E-state index in [1.54, 1.807) is 6.33 Å². The molecule has 1 aromatic carbocycles. The summed E-state index contributed by atoms with van der Waals surface area (Å²) < 4.78 is 2.02. The second-order valence-corrected chi connectivity index (χ2v) is 8.37. The van der Waals surface area contributed by atoms with Crippen LogP contribution in [0.4, 0.5) is 0 Å². The average Bonchev–Trinajstić information content (AvgIpc) is 3.26. The lowest BCUT2D eigenvalue weighted by Crippen LogP contribution is -2.48. The quantitative estimate of drug-likeness (QED) is 0.638. The summed E-state index contributed by atoms with van der Waals surface area (Å²) in [7, 11) is 0. The Morgan fingerprint density at radius 2 is 1.96 bits per heavy atom. The third kappa shape index (κ3) is 2.67. The van der Waals surface area contributed by atoms with E-state index in [2.05, 4.69) is 39.6 Å². The molecular weight excluding hydrogens is 352 g/mol. The molecule has 1 aliphatic heterocycles. The predicted octanol–water partition coefficient (Wildman–Crippen LogP) is 2.52. The number of nitrogens with zero attached hydrogens (tertiary/aromatic N) is 3. The van der Waals surface area contributed by atoms with Crippen molar-refractivity contribution in [2.24, 2.45) is 5.41 Å². The Balaban J connectivity index is 1.40. The van der Waals surface area contributed by atoms with Gasteiger partial charge in [0.1, 0.15) is 18.1 Å². The van der Waals surface area contributed by atoms with Crippen LogP contribution in [-0.4, -0.2) is 43.5 Å². The first-order valence-corrected chi connectivity index (χ1v) is 10.0. The largest absolute Gasteiger partial charge is 0.390 e. The van der Waals surface area contributed by atoms with Crippen molar-refractivity contribution >= 4 is 11.0 Å². The summed E-state index contributed by atoms with van der Waals surface area (Å²) in [6.07, 6.45) is 4.55. The lowest BCUT2D eigenvalue weighted by atomic mass is 9.74. The van der Waals surface area contributed by atoms with Gasteiger partial charge in [0.05, 0.1) is 17.8 Å². The van der Waals surface area contributed by atoms with E-state index in [-0.39, 0.29) is 11.5 Å². The van der Waals surface area contributed by atoms with Gasteiger partial charge < -0.3 is 20.1 Å². The molecule has 5 unspecified atom stereocenters. The molecule has 1 spiro atoms. The molecule has 3 aromatic rings. The van der Waals surface area contributed by atoms with Crippen LogP contribution in [0.5, 0.6) is 0 Å². The van der Waals surface area contributed by atoms with E-state index < -0.39 is 12.2 Å². The highest BCUT2D eigenvalue weighted by Crippen LogP contribution is 2.50. The maximum Gasteiger partial charge on any atom is 0.143 e. The molecule has 2 fully saturated rings. The first kappa shape index (κ1) is 17.8. The molecule has 1 aliphatic carbocycles. The van der Waals surface area contributed by atoms with Crippen LogP contribution in [0.2, 0.25) is 0 Å². The molecule has 3 heterocycles. The monoisotopic (exact) mass is 378 g/mol. The highest BCUT2D eigenvalue weighted by molar-refractivity contribution is 5.78. The Bertz CT molecular complexity index is 979. The highest BCUT2D eigenvalue weighted by atomic mass is 16.3. The van der Waals surface area contributed by atoms with Crippen LogP contribution in [-0.2, 0) is 0 Å². The molecule has 5 atom stereocenters. The maximum absolute atomic E-state index is 11.0. The van der Waals surface area contributed by atoms with Gasteiger partial charge in [0.2, 0.25) is 0 Å². The molecule has 3 N–H and O–H groups in total. The second kappa shape index (κ2) is 6.65. The number of hydrogen-bond donors (Lipinski definition) is 3. The number of benzene rings is 1. The SMILES string of the molecule is Cc1ncnc2c1ccn2C1CC2(CCC(c3ccccc3)NC2)C(O)C1O. The maximum atomic E-state index is 11.0. The Morgan fingerprint density at radius 3 is 2.71 bits per heavy atom. The van der Waals surface area contributed by atoms with Gasteiger partial charge in [-0.3, -0.25) is 0 Å². The second-order valence-electron chi connectivity index (χ2n) is 8.37. The van der Waals surface area contributed by atoms with Crippen molar-refractivity contribution in [3.05, 3.63) is 60.2 Å². The zero-order chi connectivity index (χ0) is 19.3. The molecule has 28 heavy (non-hydrogen) atoms. The van der Waals surface area contributed by atoms with Crippen molar-refractivity contribution in [1.29, 1.82) is 0 Å².